The van der Waals surface area contributed by atoms with Gasteiger partial charge in [-0.25, -0.2) is 0 Å². The second kappa shape index (κ2) is 12.9. The van der Waals surface area contributed by atoms with Crippen molar-refractivity contribution in [3.63, 3.8) is 0 Å². The van der Waals surface area contributed by atoms with Gasteiger partial charge in [0.2, 0.25) is 0 Å². The van der Waals surface area contributed by atoms with Crippen molar-refractivity contribution in [2.24, 2.45) is 0 Å². The van der Waals surface area contributed by atoms with Gasteiger partial charge in [-0.3, -0.25) is 0 Å². The van der Waals surface area contributed by atoms with Gasteiger partial charge in [0.1, 0.15) is 0 Å². The molecule has 0 saturated heterocycles. The Bertz CT molecular complexity index is 292. The molecule has 5 heteroatoms. The van der Waals surface area contributed by atoms with E-state index in [1.807, 2.05) is 0 Å². The summed E-state index contributed by atoms with van der Waals surface area (Å²) in [4.78, 5) is 0. The van der Waals surface area contributed by atoms with Crippen LogP contribution in [-0.2, 0) is 19.5 Å². The Morgan fingerprint density at radius 3 is 0.933 bits per heavy atom. The minimum Gasteiger partial charge on any atom is -1.00 e. The molecule has 0 spiro atoms. The molecule has 0 saturated carbocycles. The summed E-state index contributed by atoms with van der Waals surface area (Å²) in [6.45, 7) is 0. The topological polar surface area (TPSA) is 0 Å². The van der Waals surface area contributed by atoms with Crippen molar-refractivity contribution in [1.29, 1.82) is 0 Å². The maximum Gasteiger partial charge on any atom is 2.00 e. The molecule has 0 radical (unpaired) electrons. The quantitative estimate of drug-likeness (QED) is 0.424. The van der Waals surface area contributed by atoms with Gasteiger partial charge in [-0.2, -0.15) is 0 Å². The first-order chi connectivity index (χ1) is 4.97. The van der Waals surface area contributed by atoms with E-state index in [1.54, 1.807) is 0 Å². The minimum absolute atomic E-state index is 0. The van der Waals surface area contributed by atoms with Gasteiger partial charge in [-0.15, -0.1) is 0 Å². The van der Waals surface area contributed by atoms with E-state index >= 15 is 0 Å². The monoisotopic (exact) mass is 304 g/mol. The average molecular weight is 307 g/mol. The van der Waals surface area contributed by atoms with E-state index < -0.39 is 0 Å². The van der Waals surface area contributed by atoms with Gasteiger partial charge < -0.3 is 37.2 Å². The maximum absolute atomic E-state index is 2.12. The summed E-state index contributed by atoms with van der Waals surface area (Å²) in [5.74, 6) is 0. The molecule has 0 atom stereocenters. The third kappa shape index (κ3) is 6.85. The summed E-state index contributed by atoms with van der Waals surface area (Å²) in [6, 6.07) is 16.7. The predicted molar refractivity (Wildman–Crippen MR) is 43.9 cm³/mol. The van der Waals surface area contributed by atoms with Crippen molar-refractivity contribution in [2.45, 2.75) is 0 Å². The van der Waals surface area contributed by atoms with Crippen molar-refractivity contribution in [2.75, 3.05) is 0 Å². The average Bonchev–Trinajstić information content (AvgIpc) is 2.05. The van der Waals surface area contributed by atoms with Crippen LogP contribution in [0.15, 0.2) is 48.5 Å². The molecule has 0 nitrogen and oxygen atoms in total. The van der Waals surface area contributed by atoms with Crippen LogP contribution in [0.2, 0.25) is 0 Å². The minimum atomic E-state index is 0. The van der Waals surface area contributed by atoms with E-state index in [0.29, 0.717) is 0 Å². The number of benzene rings is 2. The number of hydrogen-bond acceptors (Lipinski definition) is 0. The molecule has 0 N–H and O–H groups in total. The molecule has 0 aliphatic rings. The third-order valence-corrected chi connectivity index (χ3v) is 1.66. The third-order valence-electron chi connectivity index (χ3n) is 1.66. The fraction of sp³-hybridized carbons (Fsp3) is 0. The zero-order valence-corrected chi connectivity index (χ0v) is 13.7. The summed E-state index contributed by atoms with van der Waals surface area (Å²) in [7, 11) is 0. The van der Waals surface area contributed by atoms with Gasteiger partial charge >= 0.3 is 38.3 Å². The van der Waals surface area contributed by atoms with Crippen LogP contribution in [0.5, 0.6) is 0 Å². The fourth-order valence-electron chi connectivity index (χ4n) is 1.13. The first kappa shape index (κ1) is 24.8. The SMILES string of the molecule is [Cl-].[Cl-].[Cl-].[Li+].[Zn+2].c1ccc2ccccc2c1. The number of halogens is 3. The molecule has 15 heavy (non-hydrogen) atoms. The van der Waals surface area contributed by atoms with Crippen LogP contribution >= 0.6 is 0 Å². The van der Waals surface area contributed by atoms with Crippen LogP contribution in [0.3, 0.4) is 0 Å². The van der Waals surface area contributed by atoms with E-state index in [9.17, 15) is 0 Å². The van der Waals surface area contributed by atoms with Crippen LogP contribution in [0.1, 0.15) is 0 Å². The number of fused-ring (bicyclic) bond motifs is 1. The Morgan fingerprint density at radius 1 is 0.533 bits per heavy atom. The molecule has 0 aliphatic carbocycles. The van der Waals surface area contributed by atoms with E-state index in [-0.39, 0.29) is 75.6 Å². The van der Waals surface area contributed by atoms with Crippen LogP contribution in [0.4, 0.5) is 0 Å². The predicted octanol–water partition coefficient (Wildman–Crippen LogP) is -9.15. The molecule has 0 unspecified atom stereocenters. The van der Waals surface area contributed by atoms with Gasteiger partial charge in [0.05, 0.1) is 0 Å². The molecule has 0 aromatic heterocycles. The summed E-state index contributed by atoms with van der Waals surface area (Å²) in [5, 5.41) is 2.62. The molecule has 72 valence electrons. The molecular weight excluding hydrogens is 299 g/mol. The summed E-state index contributed by atoms with van der Waals surface area (Å²) in [6.07, 6.45) is 0. The smallest absolute Gasteiger partial charge is 1.00 e. The molecule has 0 aliphatic heterocycles. The zero-order chi connectivity index (χ0) is 6.81. The molecule has 2 rings (SSSR count). The molecule has 2 aromatic carbocycles. The zero-order valence-electron chi connectivity index (χ0n) is 8.46. The van der Waals surface area contributed by atoms with Crippen molar-refractivity contribution >= 4 is 10.8 Å². The standard InChI is InChI=1S/C10H8.3ClH.Li.Zn/c1-2-6-10-8-4-3-7-9(10)5-1;;;;;/h1-8H;3*1H;;/q;;;;+1;+2/p-3. The Morgan fingerprint density at radius 2 is 0.733 bits per heavy atom. The van der Waals surface area contributed by atoms with Gasteiger partial charge in [-0.1, -0.05) is 48.5 Å². The van der Waals surface area contributed by atoms with E-state index in [2.05, 4.69) is 48.5 Å². The first-order valence-electron chi connectivity index (χ1n) is 3.40. The van der Waals surface area contributed by atoms with Crippen LogP contribution in [0, 0.1) is 0 Å². The molecule has 0 bridgehead atoms. The molecular formula is C10H8Cl3LiZn. The van der Waals surface area contributed by atoms with E-state index in [4.69, 9.17) is 0 Å². The Hall–Kier alpha value is 0.791. The second-order valence-electron chi connectivity index (χ2n) is 2.35. The second-order valence-corrected chi connectivity index (χ2v) is 2.35. The van der Waals surface area contributed by atoms with Crippen molar-refractivity contribution in [3.8, 4) is 0 Å². The molecule has 0 amide bonds. The molecule has 0 fully saturated rings. The van der Waals surface area contributed by atoms with Gasteiger partial charge in [0.25, 0.3) is 0 Å². The van der Waals surface area contributed by atoms with Crippen molar-refractivity contribution in [3.05, 3.63) is 48.5 Å². The van der Waals surface area contributed by atoms with E-state index in [1.165, 1.54) is 10.8 Å². The van der Waals surface area contributed by atoms with Gasteiger partial charge in [-0.05, 0) is 10.8 Å². The van der Waals surface area contributed by atoms with E-state index in [0.717, 1.165) is 0 Å². The largest absolute Gasteiger partial charge is 2.00 e. The molecule has 0 heterocycles. The number of rotatable bonds is 0. The van der Waals surface area contributed by atoms with Crippen LogP contribution < -0.4 is 56.1 Å². The molecule has 2 aromatic rings. The number of hydrogen-bond donors (Lipinski definition) is 0. The van der Waals surface area contributed by atoms with Gasteiger partial charge in [0.15, 0.2) is 0 Å². The Labute approximate surface area is 134 Å². The summed E-state index contributed by atoms with van der Waals surface area (Å²) < 4.78 is 0. The van der Waals surface area contributed by atoms with Crippen LogP contribution in [-0.4, -0.2) is 0 Å². The van der Waals surface area contributed by atoms with Gasteiger partial charge in [0, 0.05) is 0 Å². The summed E-state index contributed by atoms with van der Waals surface area (Å²) in [5.41, 5.74) is 0. The van der Waals surface area contributed by atoms with Crippen LogP contribution in [0.25, 0.3) is 10.8 Å². The summed E-state index contributed by atoms with van der Waals surface area (Å²) >= 11 is 0. The maximum atomic E-state index is 2.12. The van der Waals surface area contributed by atoms with Crippen molar-refractivity contribution < 1.29 is 75.6 Å². The first-order valence-corrected chi connectivity index (χ1v) is 3.40. The Balaban J connectivity index is -0.000000121. The Kier molecular flexibility index (Phi) is 21.3. The normalized spacial score (nSPS) is 6.67. The fourth-order valence-corrected chi connectivity index (χ4v) is 1.13. The van der Waals surface area contributed by atoms with Crippen molar-refractivity contribution in [1.82, 2.24) is 0 Å².